The Morgan fingerprint density at radius 2 is 0.594 bits per heavy atom. The third kappa shape index (κ3) is 6.24. The van der Waals surface area contributed by atoms with E-state index >= 15 is 0 Å². The van der Waals surface area contributed by atoms with Gasteiger partial charge in [-0.05, 0) is 120 Å². The summed E-state index contributed by atoms with van der Waals surface area (Å²) in [6.07, 6.45) is 0. The van der Waals surface area contributed by atoms with Crippen molar-refractivity contribution in [2.24, 2.45) is 0 Å². The van der Waals surface area contributed by atoms with Crippen molar-refractivity contribution in [2.75, 3.05) is 4.90 Å². The molecule has 13 rings (SSSR count). The zero-order valence-corrected chi connectivity index (χ0v) is 38.1. The predicted molar refractivity (Wildman–Crippen MR) is 287 cm³/mol. The van der Waals surface area contributed by atoms with E-state index in [4.69, 9.17) is 0 Å². The second-order valence-corrected chi connectivity index (χ2v) is 18.3. The number of hydrogen-bond acceptors (Lipinski definition) is 1. The molecule has 0 heterocycles. The molecule has 0 bridgehead atoms. The summed E-state index contributed by atoms with van der Waals surface area (Å²) >= 11 is 0. The molecule has 0 N–H and O–H groups in total. The summed E-state index contributed by atoms with van der Waals surface area (Å²) in [5.41, 5.74) is 22.1. The van der Waals surface area contributed by atoms with Gasteiger partial charge in [-0.1, -0.05) is 249 Å². The molecule has 69 heavy (non-hydrogen) atoms. The van der Waals surface area contributed by atoms with Gasteiger partial charge in [0.1, 0.15) is 0 Å². The molecule has 0 fully saturated rings. The minimum absolute atomic E-state index is 0.505. The van der Waals surface area contributed by atoms with Crippen LogP contribution in [0.5, 0.6) is 0 Å². The number of nitrogens with zero attached hydrogens (tertiary/aromatic N) is 1. The maximum Gasteiger partial charge on any atom is 0.0714 e. The smallest absolute Gasteiger partial charge is 0.0714 e. The van der Waals surface area contributed by atoms with Gasteiger partial charge in [0.05, 0.1) is 16.5 Å². The van der Waals surface area contributed by atoms with Crippen LogP contribution in [-0.2, 0) is 10.8 Å². The van der Waals surface area contributed by atoms with Gasteiger partial charge in [0.15, 0.2) is 0 Å². The molecule has 0 unspecified atom stereocenters. The lowest BCUT2D eigenvalue weighted by Gasteiger charge is -2.36. The van der Waals surface area contributed by atoms with Gasteiger partial charge in [0, 0.05) is 16.9 Å². The minimum atomic E-state index is -0.551. The molecule has 11 aromatic carbocycles. The Bertz CT molecular complexity index is 3550. The number of fused-ring (bicyclic) bond motifs is 6. The highest BCUT2D eigenvalue weighted by atomic mass is 15.1. The van der Waals surface area contributed by atoms with Crippen LogP contribution in [0.1, 0.15) is 44.5 Å². The predicted octanol–water partition coefficient (Wildman–Crippen LogP) is 17.2. The second kappa shape index (κ2) is 16.5. The Labute approximate surface area is 404 Å². The number of benzene rings is 11. The van der Waals surface area contributed by atoms with Crippen molar-refractivity contribution in [3.63, 3.8) is 0 Å². The minimum Gasteiger partial charge on any atom is -0.310 e. The average molecular weight is 878 g/mol. The average Bonchev–Trinajstić information content (AvgIpc) is 3.91. The normalized spacial score (nSPS) is 13.4. The fourth-order valence-corrected chi connectivity index (χ4v) is 12.0. The van der Waals surface area contributed by atoms with Crippen LogP contribution in [0.25, 0.3) is 44.5 Å². The van der Waals surface area contributed by atoms with Crippen LogP contribution in [0.2, 0.25) is 0 Å². The van der Waals surface area contributed by atoms with Crippen LogP contribution in [-0.4, -0.2) is 0 Å². The summed E-state index contributed by atoms with van der Waals surface area (Å²) < 4.78 is 0. The maximum atomic E-state index is 2.50. The summed E-state index contributed by atoms with van der Waals surface area (Å²) in [5, 5.41) is 0. The largest absolute Gasteiger partial charge is 0.310 e. The van der Waals surface area contributed by atoms with Gasteiger partial charge in [0.2, 0.25) is 0 Å². The lowest BCUT2D eigenvalue weighted by atomic mass is 9.67. The molecule has 0 atom stereocenters. The second-order valence-electron chi connectivity index (χ2n) is 18.3. The van der Waals surface area contributed by atoms with Gasteiger partial charge in [-0.15, -0.1) is 0 Å². The molecular formula is C68H47N. The van der Waals surface area contributed by atoms with Gasteiger partial charge >= 0.3 is 0 Å². The van der Waals surface area contributed by atoms with Crippen molar-refractivity contribution in [2.45, 2.75) is 10.8 Å². The topological polar surface area (TPSA) is 3.24 Å². The van der Waals surface area contributed by atoms with Gasteiger partial charge in [-0.2, -0.15) is 0 Å². The summed E-state index contributed by atoms with van der Waals surface area (Å²) in [6, 6.07) is 106. The van der Waals surface area contributed by atoms with Crippen LogP contribution in [0, 0.1) is 0 Å². The highest BCUT2D eigenvalue weighted by Gasteiger charge is 2.47. The van der Waals surface area contributed by atoms with Crippen molar-refractivity contribution < 1.29 is 0 Å². The molecule has 0 radical (unpaired) electrons. The number of anilines is 3. The first kappa shape index (κ1) is 40.5. The van der Waals surface area contributed by atoms with Gasteiger partial charge in [0.25, 0.3) is 0 Å². The van der Waals surface area contributed by atoms with Crippen LogP contribution < -0.4 is 4.90 Å². The molecular weight excluding hydrogens is 831 g/mol. The SMILES string of the molecule is c1ccc(-c2ccc(N(c3ccc(C4(c5ccccc5)c5ccccc5-c5ccccc54)cc3)c3ccc4c(c3)C(c3ccccc3)(c3ccccc3)c3ccccc3-4)c(-c3ccccc3)c2)cc1. The molecule has 0 saturated carbocycles. The highest BCUT2D eigenvalue weighted by molar-refractivity contribution is 5.94. The zero-order chi connectivity index (χ0) is 45.8. The number of hydrogen-bond donors (Lipinski definition) is 0. The molecule has 1 heteroatoms. The first-order valence-electron chi connectivity index (χ1n) is 24.0. The molecule has 0 spiro atoms. The highest BCUT2D eigenvalue weighted by Crippen LogP contribution is 2.59. The van der Waals surface area contributed by atoms with Crippen LogP contribution in [0.3, 0.4) is 0 Å². The molecule has 0 amide bonds. The monoisotopic (exact) mass is 877 g/mol. The quantitative estimate of drug-likeness (QED) is 0.140. The first-order chi connectivity index (χ1) is 34.2. The summed E-state index contributed by atoms with van der Waals surface area (Å²) in [6.45, 7) is 0. The van der Waals surface area contributed by atoms with Gasteiger partial charge < -0.3 is 4.90 Å². The Kier molecular flexibility index (Phi) is 9.70. The van der Waals surface area contributed by atoms with E-state index in [0.29, 0.717) is 0 Å². The molecule has 324 valence electrons. The van der Waals surface area contributed by atoms with Crippen molar-refractivity contribution in [1.82, 2.24) is 0 Å². The van der Waals surface area contributed by atoms with E-state index in [1.807, 2.05) is 0 Å². The standard InChI is InChI=1S/C68H47N/c1-6-22-48(23-7-1)50-38-45-66(61(46-50)49-24-8-2-9-25-49)69(55-41-39-54(40-42-55)67(51-26-10-3-11-27-51)62-35-19-16-32-57(62)58-33-17-20-36-63(58)67)56-43-44-60-59-34-18-21-37-64(59)68(65(60)47-56,52-28-12-4-13-29-52)53-30-14-5-15-31-53/h1-47H. The maximum absolute atomic E-state index is 2.50. The molecule has 2 aliphatic rings. The number of rotatable bonds is 9. The molecule has 1 nitrogen and oxygen atoms in total. The van der Waals surface area contributed by atoms with Crippen molar-refractivity contribution >= 4 is 17.1 Å². The summed E-state index contributed by atoms with van der Waals surface area (Å²) in [7, 11) is 0. The van der Waals surface area contributed by atoms with E-state index in [2.05, 4.69) is 290 Å². The zero-order valence-electron chi connectivity index (χ0n) is 38.1. The molecule has 0 aliphatic heterocycles. The Morgan fingerprint density at radius 1 is 0.217 bits per heavy atom. The van der Waals surface area contributed by atoms with Crippen LogP contribution >= 0.6 is 0 Å². The van der Waals surface area contributed by atoms with Crippen LogP contribution in [0.4, 0.5) is 17.1 Å². The molecule has 2 aliphatic carbocycles. The lowest BCUT2D eigenvalue weighted by Crippen LogP contribution is -2.29. The van der Waals surface area contributed by atoms with E-state index in [9.17, 15) is 0 Å². The van der Waals surface area contributed by atoms with Crippen molar-refractivity contribution in [3.8, 4) is 44.5 Å². The van der Waals surface area contributed by atoms with Crippen LogP contribution in [0.15, 0.2) is 285 Å². The molecule has 0 saturated heterocycles. The Hall–Kier alpha value is -8.78. The molecule has 0 aromatic heterocycles. The van der Waals surface area contributed by atoms with E-state index in [-0.39, 0.29) is 0 Å². The third-order valence-electron chi connectivity index (χ3n) is 14.8. The summed E-state index contributed by atoms with van der Waals surface area (Å²) in [4.78, 5) is 2.50. The first-order valence-corrected chi connectivity index (χ1v) is 24.0. The van der Waals surface area contributed by atoms with E-state index in [1.54, 1.807) is 0 Å². The van der Waals surface area contributed by atoms with E-state index in [1.165, 1.54) is 77.9 Å². The van der Waals surface area contributed by atoms with Crippen molar-refractivity contribution in [3.05, 3.63) is 330 Å². The summed E-state index contributed by atoms with van der Waals surface area (Å²) in [5.74, 6) is 0. The van der Waals surface area contributed by atoms with Gasteiger partial charge in [-0.25, -0.2) is 0 Å². The lowest BCUT2D eigenvalue weighted by molar-refractivity contribution is 0.768. The fraction of sp³-hybridized carbons (Fsp3) is 0.0294. The van der Waals surface area contributed by atoms with E-state index < -0.39 is 10.8 Å². The molecule has 11 aromatic rings. The van der Waals surface area contributed by atoms with E-state index in [0.717, 1.165) is 28.2 Å². The third-order valence-corrected chi connectivity index (χ3v) is 14.8. The Balaban J connectivity index is 1.07. The van der Waals surface area contributed by atoms with Crippen molar-refractivity contribution in [1.29, 1.82) is 0 Å². The Morgan fingerprint density at radius 3 is 1.09 bits per heavy atom. The van der Waals surface area contributed by atoms with Gasteiger partial charge in [-0.3, -0.25) is 0 Å². The fourth-order valence-electron chi connectivity index (χ4n) is 12.0.